The SMILES string of the molecule is CCN(C)c1c(N)n(C)c(=O)n(C)c1=O. The lowest BCUT2D eigenvalue weighted by Crippen LogP contribution is -2.41. The Morgan fingerprint density at radius 1 is 1.27 bits per heavy atom. The van der Waals surface area contributed by atoms with Gasteiger partial charge in [0.05, 0.1) is 0 Å². The second kappa shape index (κ2) is 3.80. The second-order valence-corrected chi connectivity index (χ2v) is 3.45. The molecule has 1 rings (SSSR count). The van der Waals surface area contributed by atoms with Crippen molar-refractivity contribution in [1.82, 2.24) is 9.13 Å². The van der Waals surface area contributed by atoms with Crippen molar-refractivity contribution in [3.8, 4) is 0 Å². The average molecular weight is 212 g/mol. The van der Waals surface area contributed by atoms with Gasteiger partial charge in [0, 0.05) is 27.7 Å². The van der Waals surface area contributed by atoms with E-state index in [9.17, 15) is 9.59 Å². The first-order chi connectivity index (χ1) is 6.91. The molecule has 1 aromatic heterocycles. The largest absolute Gasteiger partial charge is 0.383 e. The van der Waals surface area contributed by atoms with Gasteiger partial charge < -0.3 is 10.6 Å². The summed E-state index contributed by atoms with van der Waals surface area (Å²) in [5.74, 6) is 0.201. The van der Waals surface area contributed by atoms with Gasteiger partial charge in [-0.3, -0.25) is 13.9 Å². The molecule has 0 amide bonds. The summed E-state index contributed by atoms with van der Waals surface area (Å²) in [6, 6.07) is 0. The molecular formula is C9H16N4O2. The van der Waals surface area contributed by atoms with Crippen LogP contribution in [0.1, 0.15) is 6.92 Å². The molecule has 0 saturated carbocycles. The van der Waals surface area contributed by atoms with E-state index in [4.69, 9.17) is 5.73 Å². The van der Waals surface area contributed by atoms with Crippen LogP contribution < -0.4 is 21.9 Å². The monoisotopic (exact) mass is 212 g/mol. The van der Waals surface area contributed by atoms with Crippen LogP contribution >= 0.6 is 0 Å². The van der Waals surface area contributed by atoms with Crippen molar-refractivity contribution in [1.29, 1.82) is 0 Å². The molecule has 6 heteroatoms. The van der Waals surface area contributed by atoms with Gasteiger partial charge in [0.1, 0.15) is 11.5 Å². The third kappa shape index (κ3) is 1.62. The standard InChI is InChI=1S/C9H16N4O2/c1-5-11(2)6-7(10)12(3)9(15)13(4)8(6)14/h5,10H2,1-4H3. The Morgan fingerprint density at radius 3 is 2.27 bits per heavy atom. The van der Waals surface area contributed by atoms with Crippen molar-refractivity contribution in [2.75, 3.05) is 24.2 Å². The van der Waals surface area contributed by atoms with Crippen LogP contribution in [-0.4, -0.2) is 22.7 Å². The number of nitrogens with two attached hydrogens (primary N) is 1. The molecular weight excluding hydrogens is 196 g/mol. The molecule has 0 fully saturated rings. The van der Waals surface area contributed by atoms with Gasteiger partial charge in [-0.25, -0.2) is 4.79 Å². The highest BCUT2D eigenvalue weighted by Crippen LogP contribution is 2.13. The smallest absolute Gasteiger partial charge is 0.332 e. The van der Waals surface area contributed by atoms with Crippen molar-refractivity contribution in [3.63, 3.8) is 0 Å². The highest BCUT2D eigenvalue weighted by atomic mass is 16.2. The maximum atomic E-state index is 11.8. The van der Waals surface area contributed by atoms with Crippen LogP contribution in [0.2, 0.25) is 0 Å². The fraction of sp³-hybridized carbons (Fsp3) is 0.556. The van der Waals surface area contributed by atoms with Crippen LogP contribution in [0.5, 0.6) is 0 Å². The van der Waals surface area contributed by atoms with Gasteiger partial charge in [-0.1, -0.05) is 0 Å². The quantitative estimate of drug-likeness (QED) is 0.691. The maximum absolute atomic E-state index is 11.8. The molecule has 0 aromatic carbocycles. The third-order valence-electron chi connectivity index (χ3n) is 2.54. The minimum atomic E-state index is -0.411. The summed E-state index contributed by atoms with van der Waals surface area (Å²) in [5.41, 5.74) is 5.33. The molecule has 0 radical (unpaired) electrons. The van der Waals surface area contributed by atoms with Crippen LogP contribution in [0.25, 0.3) is 0 Å². The lowest BCUT2D eigenvalue weighted by molar-refractivity contribution is 0.688. The Bertz CT molecular complexity index is 486. The molecule has 0 aliphatic heterocycles. The second-order valence-electron chi connectivity index (χ2n) is 3.45. The fourth-order valence-electron chi connectivity index (χ4n) is 1.36. The van der Waals surface area contributed by atoms with Crippen LogP contribution in [0.3, 0.4) is 0 Å². The summed E-state index contributed by atoms with van der Waals surface area (Å²) >= 11 is 0. The summed E-state index contributed by atoms with van der Waals surface area (Å²) in [6.07, 6.45) is 0. The van der Waals surface area contributed by atoms with E-state index in [2.05, 4.69) is 0 Å². The summed E-state index contributed by atoms with van der Waals surface area (Å²) in [6.45, 7) is 2.56. The predicted octanol–water partition coefficient (Wildman–Crippen LogP) is -0.878. The van der Waals surface area contributed by atoms with E-state index in [1.807, 2.05) is 6.92 Å². The normalized spacial score (nSPS) is 10.4. The Balaban J connectivity index is 3.68. The molecule has 0 spiro atoms. The van der Waals surface area contributed by atoms with Crippen molar-refractivity contribution in [2.24, 2.45) is 14.1 Å². The van der Waals surface area contributed by atoms with Crippen molar-refractivity contribution in [2.45, 2.75) is 6.92 Å². The molecule has 0 saturated heterocycles. The molecule has 1 aromatic rings. The van der Waals surface area contributed by atoms with Crippen LogP contribution in [0, 0.1) is 0 Å². The number of anilines is 2. The molecule has 6 nitrogen and oxygen atoms in total. The van der Waals surface area contributed by atoms with Gasteiger partial charge >= 0.3 is 5.69 Å². The zero-order chi connectivity index (χ0) is 11.7. The third-order valence-corrected chi connectivity index (χ3v) is 2.54. The van der Waals surface area contributed by atoms with E-state index in [1.54, 1.807) is 19.0 Å². The molecule has 84 valence electrons. The van der Waals surface area contributed by atoms with Crippen molar-refractivity contribution >= 4 is 11.5 Å². The summed E-state index contributed by atoms with van der Waals surface area (Å²) in [5, 5.41) is 0. The first-order valence-electron chi connectivity index (χ1n) is 4.68. The number of rotatable bonds is 2. The minimum absolute atomic E-state index is 0.201. The highest BCUT2D eigenvalue weighted by molar-refractivity contribution is 5.61. The van der Waals surface area contributed by atoms with Crippen LogP contribution in [0.15, 0.2) is 9.59 Å². The van der Waals surface area contributed by atoms with Gasteiger partial charge in [-0.2, -0.15) is 0 Å². The molecule has 0 atom stereocenters. The van der Waals surface area contributed by atoms with Gasteiger partial charge in [-0.15, -0.1) is 0 Å². The molecule has 0 unspecified atom stereocenters. The van der Waals surface area contributed by atoms with Gasteiger partial charge in [0.25, 0.3) is 5.56 Å². The lowest BCUT2D eigenvalue weighted by atomic mass is 10.4. The minimum Gasteiger partial charge on any atom is -0.383 e. The van der Waals surface area contributed by atoms with Crippen molar-refractivity contribution < 1.29 is 0 Å². The molecule has 2 N–H and O–H groups in total. The van der Waals surface area contributed by atoms with E-state index in [0.717, 1.165) is 4.57 Å². The number of aromatic nitrogens is 2. The Hall–Kier alpha value is -1.72. The average Bonchev–Trinajstić information content (AvgIpc) is 2.23. The molecule has 0 aliphatic carbocycles. The Labute approximate surface area is 87.5 Å². The predicted molar refractivity (Wildman–Crippen MR) is 60.3 cm³/mol. The zero-order valence-corrected chi connectivity index (χ0v) is 9.44. The number of hydrogen-bond donors (Lipinski definition) is 1. The van der Waals surface area contributed by atoms with E-state index < -0.39 is 5.69 Å². The topological polar surface area (TPSA) is 73.3 Å². The Morgan fingerprint density at radius 2 is 1.80 bits per heavy atom. The fourth-order valence-corrected chi connectivity index (χ4v) is 1.36. The highest BCUT2D eigenvalue weighted by Gasteiger charge is 2.15. The maximum Gasteiger partial charge on any atom is 0.332 e. The van der Waals surface area contributed by atoms with E-state index >= 15 is 0 Å². The van der Waals surface area contributed by atoms with E-state index in [1.165, 1.54) is 11.6 Å². The summed E-state index contributed by atoms with van der Waals surface area (Å²) in [4.78, 5) is 25.0. The molecule has 1 heterocycles. The summed E-state index contributed by atoms with van der Waals surface area (Å²) < 4.78 is 2.32. The lowest BCUT2D eigenvalue weighted by Gasteiger charge is -2.20. The van der Waals surface area contributed by atoms with Gasteiger partial charge in [0.15, 0.2) is 0 Å². The number of nitrogens with zero attached hydrogens (tertiary/aromatic N) is 3. The van der Waals surface area contributed by atoms with Gasteiger partial charge in [-0.05, 0) is 6.92 Å². The molecule has 0 bridgehead atoms. The Kier molecular flexibility index (Phi) is 2.88. The van der Waals surface area contributed by atoms with Gasteiger partial charge in [0.2, 0.25) is 0 Å². The molecule has 15 heavy (non-hydrogen) atoms. The van der Waals surface area contributed by atoms with Crippen molar-refractivity contribution in [3.05, 3.63) is 20.8 Å². The number of nitrogen functional groups attached to an aromatic ring is 1. The van der Waals surface area contributed by atoms with E-state index in [0.29, 0.717) is 12.2 Å². The van der Waals surface area contributed by atoms with E-state index in [-0.39, 0.29) is 11.4 Å². The zero-order valence-electron chi connectivity index (χ0n) is 9.44. The molecule has 0 aliphatic rings. The van der Waals surface area contributed by atoms with Crippen LogP contribution in [0.4, 0.5) is 11.5 Å². The van der Waals surface area contributed by atoms with Crippen LogP contribution in [-0.2, 0) is 14.1 Å². The first kappa shape index (κ1) is 11.4. The summed E-state index contributed by atoms with van der Waals surface area (Å²) in [7, 11) is 4.75. The number of hydrogen-bond acceptors (Lipinski definition) is 4. The first-order valence-corrected chi connectivity index (χ1v) is 4.68.